The van der Waals surface area contributed by atoms with Crippen molar-refractivity contribution in [1.29, 1.82) is 0 Å². The van der Waals surface area contributed by atoms with Crippen LogP contribution in [0.3, 0.4) is 0 Å². The molecule has 6 nitrogen and oxygen atoms in total. The molecule has 0 radical (unpaired) electrons. The summed E-state index contributed by atoms with van der Waals surface area (Å²) in [5.74, 6) is 0.210. The van der Waals surface area contributed by atoms with Crippen molar-refractivity contribution in [2.75, 3.05) is 0 Å². The second kappa shape index (κ2) is 8.94. The molecule has 3 aromatic rings. The second-order valence-electron chi connectivity index (χ2n) is 8.24. The lowest BCUT2D eigenvalue weighted by atomic mass is 9.74. The molecule has 2 aromatic carbocycles. The van der Waals surface area contributed by atoms with Crippen LogP contribution in [0.2, 0.25) is 0 Å². The van der Waals surface area contributed by atoms with Gasteiger partial charge in [0, 0.05) is 16.7 Å². The van der Waals surface area contributed by atoms with E-state index in [1.165, 1.54) is 35.3 Å². The molecule has 1 atom stereocenters. The van der Waals surface area contributed by atoms with Gasteiger partial charge >= 0.3 is 6.36 Å². The van der Waals surface area contributed by atoms with E-state index in [2.05, 4.69) is 40.1 Å². The molecular formula is C24H22F3N5OS. The van der Waals surface area contributed by atoms with E-state index in [0.717, 1.165) is 28.8 Å². The monoisotopic (exact) mass is 485 g/mol. The lowest BCUT2D eigenvalue weighted by molar-refractivity contribution is -0.274. The van der Waals surface area contributed by atoms with Gasteiger partial charge in [0.1, 0.15) is 12.1 Å². The third-order valence-electron chi connectivity index (χ3n) is 5.60. The van der Waals surface area contributed by atoms with E-state index in [9.17, 15) is 13.2 Å². The number of nitrogens with two attached hydrogens (primary N) is 1. The number of rotatable bonds is 5. The topological polar surface area (TPSA) is 78.0 Å². The summed E-state index contributed by atoms with van der Waals surface area (Å²) >= 11 is 4.94. The summed E-state index contributed by atoms with van der Waals surface area (Å²) in [6.07, 6.45) is 1.73. The highest BCUT2D eigenvalue weighted by Crippen LogP contribution is 2.37. The fourth-order valence-electron chi connectivity index (χ4n) is 3.91. The zero-order chi connectivity index (χ0) is 24.5. The van der Waals surface area contributed by atoms with E-state index in [4.69, 9.17) is 18.0 Å². The Balaban J connectivity index is 1.49. The highest BCUT2D eigenvalue weighted by atomic mass is 32.1. The van der Waals surface area contributed by atoms with Gasteiger partial charge in [0.05, 0.1) is 5.69 Å². The van der Waals surface area contributed by atoms with Gasteiger partial charge < -0.3 is 15.8 Å². The van der Waals surface area contributed by atoms with Crippen LogP contribution in [0.5, 0.6) is 5.75 Å². The third-order valence-corrected chi connectivity index (χ3v) is 5.70. The summed E-state index contributed by atoms with van der Waals surface area (Å²) in [5, 5.41) is 7.70. The number of nitrogens with zero attached hydrogens (tertiary/aromatic N) is 3. The molecule has 176 valence electrons. The first-order chi connectivity index (χ1) is 16.0. The molecule has 1 unspecified atom stereocenters. The number of halogens is 3. The largest absolute Gasteiger partial charge is 0.573 e. The van der Waals surface area contributed by atoms with Gasteiger partial charge in [-0.1, -0.05) is 37.3 Å². The maximum atomic E-state index is 12.3. The van der Waals surface area contributed by atoms with Crippen LogP contribution in [0.25, 0.3) is 17.1 Å². The molecule has 1 aliphatic rings. The van der Waals surface area contributed by atoms with Gasteiger partial charge in [0.15, 0.2) is 10.9 Å². The summed E-state index contributed by atoms with van der Waals surface area (Å²) in [4.78, 5) is 4.34. The first-order valence-electron chi connectivity index (χ1n) is 10.4. The average Bonchev–Trinajstić information content (AvgIpc) is 3.25. The number of hydrogen-bond donors (Lipinski definition) is 2. The number of aromatic nitrogens is 3. The van der Waals surface area contributed by atoms with Crippen molar-refractivity contribution in [2.45, 2.75) is 32.0 Å². The zero-order valence-corrected chi connectivity index (χ0v) is 19.2. The van der Waals surface area contributed by atoms with Gasteiger partial charge in [-0.05, 0) is 67.0 Å². The molecule has 1 aliphatic carbocycles. The van der Waals surface area contributed by atoms with Crippen molar-refractivity contribution in [3.05, 3.63) is 83.8 Å². The van der Waals surface area contributed by atoms with Gasteiger partial charge in [-0.25, -0.2) is 9.67 Å². The van der Waals surface area contributed by atoms with Crippen LogP contribution in [0.15, 0.2) is 78.3 Å². The Hall–Kier alpha value is -3.66. The Morgan fingerprint density at radius 2 is 1.82 bits per heavy atom. The van der Waals surface area contributed by atoms with Gasteiger partial charge in [0.25, 0.3) is 0 Å². The molecule has 0 saturated carbocycles. The van der Waals surface area contributed by atoms with Crippen LogP contribution >= 0.6 is 12.2 Å². The maximum Gasteiger partial charge on any atom is 0.573 e. The van der Waals surface area contributed by atoms with Crippen LogP contribution in [0.4, 0.5) is 13.2 Å². The lowest BCUT2D eigenvalue weighted by Crippen LogP contribution is -2.31. The minimum Gasteiger partial charge on any atom is -0.406 e. The van der Waals surface area contributed by atoms with Crippen LogP contribution in [0.1, 0.15) is 25.8 Å². The highest BCUT2D eigenvalue weighted by Gasteiger charge is 2.31. The summed E-state index contributed by atoms with van der Waals surface area (Å²) in [6.45, 7) is 4.22. The van der Waals surface area contributed by atoms with Crippen LogP contribution in [-0.2, 0) is 5.41 Å². The molecule has 0 bridgehead atoms. The molecule has 3 N–H and O–H groups in total. The van der Waals surface area contributed by atoms with Crippen LogP contribution in [0, 0.1) is 0 Å². The fraction of sp³-hybridized carbons (Fsp3) is 0.208. The average molecular weight is 486 g/mol. The summed E-state index contributed by atoms with van der Waals surface area (Å²) in [6, 6.07) is 13.4. The predicted molar refractivity (Wildman–Crippen MR) is 127 cm³/mol. The second-order valence-corrected chi connectivity index (χ2v) is 8.68. The van der Waals surface area contributed by atoms with E-state index >= 15 is 0 Å². The van der Waals surface area contributed by atoms with Crippen LogP contribution in [-0.4, -0.2) is 26.2 Å². The van der Waals surface area contributed by atoms with Gasteiger partial charge in [-0.3, -0.25) is 0 Å². The van der Waals surface area contributed by atoms with Crippen molar-refractivity contribution >= 4 is 17.3 Å². The minimum atomic E-state index is -4.73. The number of allylic oxidation sites excluding steroid dienone is 3. The fourth-order valence-corrected chi connectivity index (χ4v) is 4.02. The van der Waals surface area contributed by atoms with Crippen molar-refractivity contribution in [2.24, 2.45) is 5.73 Å². The lowest BCUT2D eigenvalue weighted by Gasteiger charge is -2.31. The normalized spacial score (nSPS) is 18.1. The van der Waals surface area contributed by atoms with Gasteiger partial charge in [-0.15, -0.1) is 18.3 Å². The molecule has 1 heterocycles. The third kappa shape index (κ3) is 5.28. The SMILES string of the molecule is CC1=C(NC(N)=S)C=CC(C)(c2ccc(-c3ncn(-c4ccc(OC(F)(F)F)cc4)n3)cc2)C1. The molecule has 4 rings (SSSR count). The highest BCUT2D eigenvalue weighted by molar-refractivity contribution is 7.80. The molecule has 34 heavy (non-hydrogen) atoms. The molecular weight excluding hydrogens is 463 g/mol. The first kappa shape index (κ1) is 23.5. The van der Waals surface area contributed by atoms with Crippen molar-refractivity contribution in [3.8, 4) is 22.8 Å². The van der Waals surface area contributed by atoms with Crippen molar-refractivity contribution in [3.63, 3.8) is 0 Å². The quantitative estimate of drug-likeness (QED) is 0.487. The summed E-state index contributed by atoms with van der Waals surface area (Å²) in [7, 11) is 0. The van der Waals surface area contributed by atoms with Crippen molar-refractivity contribution in [1.82, 2.24) is 20.1 Å². The maximum absolute atomic E-state index is 12.3. The summed E-state index contributed by atoms with van der Waals surface area (Å²) in [5.41, 5.74) is 10.0. The Labute approximate surface area is 199 Å². The number of ether oxygens (including phenoxy) is 1. The smallest absolute Gasteiger partial charge is 0.406 e. The number of hydrogen-bond acceptors (Lipinski definition) is 4. The standard InChI is InChI=1S/C24H22F3N5OS/c1-15-13-23(2,12-11-20(15)30-22(28)34)17-5-3-16(4-6-17)21-29-14-32(31-21)18-7-9-19(10-8-18)33-24(25,26)27/h3-12,14H,13H2,1-2H3,(H3,28,30,34). The number of alkyl halides is 3. The van der Waals surface area contributed by atoms with E-state index < -0.39 is 6.36 Å². The molecule has 0 saturated heterocycles. The van der Waals surface area contributed by atoms with Gasteiger partial charge in [-0.2, -0.15) is 0 Å². The summed E-state index contributed by atoms with van der Waals surface area (Å²) < 4.78 is 42.4. The van der Waals surface area contributed by atoms with E-state index in [1.54, 1.807) is 0 Å². The molecule has 0 aliphatic heterocycles. The number of nitrogens with one attached hydrogen (secondary N) is 1. The molecule has 0 fully saturated rings. The molecule has 0 spiro atoms. The number of thiocarbonyl (C=S) groups is 1. The molecule has 1 aromatic heterocycles. The Morgan fingerprint density at radius 1 is 1.15 bits per heavy atom. The molecule has 0 amide bonds. The van der Waals surface area contributed by atoms with Crippen molar-refractivity contribution < 1.29 is 17.9 Å². The minimum absolute atomic E-state index is 0.184. The zero-order valence-electron chi connectivity index (χ0n) is 18.4. The van der Waals surface area contributed by atoms with Gasteiger partial charge in [0.2, 0.25) is 0 Å². The predicted octanol–water partition coefficient (Wildman–Crippen LogP) is 5.16. The Bertz CT molecular complexity index is 1260. The van der Waals surface area contributed by atoms with E-state index in [-0.39, 0.29) is 16.3 Å². The Morgan fingerprint density at radius 3 is 2.41 bits per heavy atom. The van der Waals surface area contributed by atoms with E-state index in [0.29, 0.717) is 11.5 Å². The first-order valence-corrected chi connectivity index (χ1v) is 10.8. The number of benzene rings is 2. The van der Waals surface area contributed by atoms with Crippen LogP contribution < -0.4 is 15.8 Å². The molecule has 10 heteroatoms. The van der Waals surface area contributed by atoms with E-state index in [1.807, 2.05) is 30.3 Å². The Kier molecular flexibility index (Phi) is 6.18.